The van der Waals surface area contributed by atoms with Gasteiger partial charge in [-0.2, -0.15) is 0 Å². The molecule has 0 heterocycles. The van der Waals surface area contributed by atoms with Crippen molar-refractivity contribution in [2.75, 3.05) is 26.7 Å². The van der Waals surface area contributed by atoms with Gasteiger partial charge in [0.05, 0.1) is 5.92 Å². The SMILES string of the molecule is CC(C)O.CCB(O)O.CCC.CCN(CC)C[C@@H]1CCCC[C@@H]1C(=O)O.CN. The van der Waals surface area contributed by atoms with E-state index in [9.17, 15) is 4.79 Å². The van der Waals surface area contributed by atoms with Gasteiger partial charge in [0.2, 0.25) is 0 Å². The summed E-state index contributed by atoms with van der Waals surface area (Å²) in [6.45, 7) is 16.7. The third-order valence-corrected chi connectivity index (χ3v) is 3.98. The maximum atomic E-state index is 11.1. The van der Waals surface area contributed by atoms with Gasteiger partial charge in [0.1, 0.15) is 0 Å². The number of nitrogens with zero attached hydrogens (tertiary/aromatic N) is 1. The van der Waals surface area contributed by atoms with Gasteiger partial charge in [0.15, 0.2) is 0 Å². The maximum Gasteiger partial charge on any atom is 0.451 e. The van der Waals surface area contributed by atoms with Crippen molar-refractivity contribution in [2.45, 2.75) is 93.0 Å². The van der Waals surface area contributed by atoms with Gasteiger partial charge in [0.25, 0.3) is 0 Å². The van der Waals surface area contributed by atoms with Crippen LogP contribution < -0.4 is 5.73 Å². The monoisotopic (exact) mass is 422 g/mol. The lowest BCUT2D eigenvalue weighted by Gasteiger charge is -2.32. The standard InChI is InChI=1S/C12H23NO2.C3H8O.C3H8.C2H7BO2.CH5N/c1-3-13(4-2)9-10-7-5-6-8-11(10)12(14)15;1-3(2)4;1-3-2;1-2-3(4)5;1-2/h10-11H,3-9H2,1-2H3,(H,14,15);3-4H,1-2H3;3H2,1-2H3;4-5H,2H2,1H3;2H2,1H3/t10-,11-;;;;/m0..../s1. The van der Waals surface area contributed by atoms with Crippen LogP contribution in [0.2, 0.25) is 6.32 Å². The summed E-state index contributed by atoms with van der Waals surface area (Å²) in [5, 5.41) is 33.0. The number of aliphatic hydroxyl groups excluding tert-OH is 1. The predicted octanol–water partition coefficient (Wildman–Crippen LogP) is 3.08. The maximum absolute atomic E-state index is 11.1. The molecule has 1 rings (SSSR count). The molecule has 1 aliphatic carbocycles. The molecule has 0 unspecified atom stereocenters. The predicted molar refractivity (Wildman–Crippen MR) is 125 cm³/mol. The van der Waals surface area contributed by atoms with Gasteiger partial charge in [-0.15, -0.1) is 0 Å². The molecule has 1 saturated carbocycles. The van der Waals surface area contributed by atoms with E-state index in [2.05, 4.69) is 38.3 Å². The molecule has 0 aromatic carbocycles. The summed E-state index contributed by atoms with van der Waals surface area (Å²) >= 11 is 0. The summed E-state index contributed by atoms with van der Waals surface area (Å²) < 4.78 is 0. The molecule has 6 N–H and O–H groups in total. The molecule has 8 heteroatoms. The summed E-state index contributed by atoms with van der Waals surface area (Å²) in [5.41, 5.74) is 4.50. The largest absolute Gasteiger partial charge is 0.481 e. The number of carboxylic acid groups (broad SMARTS) is 1. The van der Waals surface area contributed by atoms with E-state index in [-0.39, 0.29) is 12.0 Å². The molecule has 1 aliphatic rings. The minimum atomic E-state index is -1.12. The van der Waals surface area contributed by atoms with Crippen molar-refractivity contribution < 1.29 is 25.1 Å². The highest BCUT2D eigenvalue weighted by Crippen LogP contribution is 2.30. The average molecular weight is 422 g/mol. The van der Waals surface area contributed by atoms with Gasteiger partial charge in [0, 0.05) is 12.6 Å². The van der Waals surface area contributed by atoms with Crippen LogP contribution in [0.15, 0.2) is 0 Å². The molecule has 0 aromatic heterocycles. The Morgan fingerprint density at radius 3 is 1.66 bits per heavy atom. The second-order valence-electron chi connectivity index (χ2n) is 7.16. The fraction of sp³-hybridized carbons (Fsp3) is 0.952. The van der Waals surface area contributed by atoms with Gasteiger partial charge in [-0.1, -0.05) is 53.9 Å². The first kappa shape index (κ1) is 35.8. The first-order valence-electron chi connectivity index (χ1n) is 11.2. The number of aliphatic carboxylic acids is 1. The topological polar surface area (TPSA) is 127 Å². The van der Waals surface area contributed by atoms with Crippen molar-refractivity contribution in [1.29, 1.82) is 0 Å². The summed E-state index contributed by atoms with van der Waals surface area (Å²) in [5.74, 6) is -0.317. The molecule has 29 heavy (non-hydrogen) atoms. The second-order valence-corrected chi connectivity index (χ2v) is 7.16. The molecular formula is C21H51BN2O5. The number of rotatable bonds is 6. The van der Waals surface area contributed by atoms with E-state index < -0.39 is 13.1 Å². The fourth-order valence-electron chi connectivity index (χ4n) is 2.56. The summed E-state index contributed by atoms with van der Waals surface area (Å²) in [6, 6.07) is 0. The Labute approximate surface area is 180 Å². The third kappa shape index (κ3) is 29.6. The third-order valence-electron chi connectivity index (χ3n) is 3.98. The highest BCUT2D eigenvalue weighted by atomic mass is 16.4. The van der Waals surface area contributed by atoms with Crippen LogP contribution in [0.5, 0.6) is 0 Å². The van der Waals surface area contributed by atoms with Gasteiger partial charge < -0.3 is 30.9 Å². The normalized spacial score (nSPS) is 17.3. The van der Waals surface area contributed by atoms with Crippen molar-refractivity contribution in [2.24, 2.45) is 17.6 Å². The van der Waals surface area contributed by atoms with Crippen LogP contribution in [0.4, 0.5) is 0 Å². The molecule has 0 aromatic rings. The van der Waals surface area contributed by atoms with E-state index >= 15 is 0 Å². The Morgan fingerprint density at radius 1 is 1.03 bits per heavy atom. The van der Waals surface area contributed by atoms with Gasteiger partial charge >= 0.3 is 13.1 Å². The molecular weight excluding hydrogens is 371 g/mol. The number of carboxylic acids is 1. The van der Waals surface area contributed by atoms with Crippen molar-refractivity contribution in [3.05, 3.63) is 0 Å². The molecule has 0 amide bonds. The van der Waals surface area contributed by atoms with Crippen molar-refractivity contribution >= 4 is 13.1 Å². The molecule has 0 bridgehead atoms. The second kappa shape index (κ2) is 27.3. The summed E-state index contributed by atoms with van der Waals surface area (Å²) in [4.78, 5) is 13.4. The smallest absolute Gasteiger partial charge is 0.451 e. The highest BCUT2D eigenvalue weighted by molar-refractivity contribution is 6.40. The van der Waals surface area contributed by atoms with Crippen LogP contribution in [0.1, 0.15) is 80.6 Å². The first-order chi connectivity index (χ1) is 13.6. The number of aliphatic hydroxyl groups is 1. The van der Waals surface area contributed by atoms with Crippen LogP contribution in [0, 0.1) is 11.8 Å². The molecule has 178 valence electrons. The zero-order valence-electron chi connectivity index (χ0n) is 20.4. The molecule has 0 saturated heterocycles. The summed E-state index contributed by atoms with van der Waals surface area (Å²) in [7, 11) is 0.384. The Hall–Kier alpha value is -0.665. The van der Waals surface area contributed by atoms with Crippen molar-refractivity contribution in [3.63, 3.8) is 0 Å². The Bertz CT molecular complexity index is 315. The van der Waals surface area contributed by atoms with Crippen LogP contribution >= 0.6 is 0 Å². The number of hydrogen-bond donors (Lipinski definition) is 5. The van der Waals surface area contributed by atoms with E-state index in [1.165, 1.54) is 19.9 Å². The first-order valence-corrected chi connectivity index (χ1v) is 11.2. The molecule has 0 radical (unpaired) electrons. The van der Waals surface area contributed by atoms with E-state index in [1.807, 2.05) is 0 Å². The lowest BCUT2D eigenvalue weighted by atomic mass is 9.79. The average Bonchev–Trinajstić information content (AvgIpc) is 2.68. The van der Waals surface area contributed by atoms with Crippen molar-refractivity contribution in [3.8, 4) is 0 Å². The van der Waals surface area contributed by atoms with E-state index in [4.69, 9.17) is 20.3 Å². The van der Waals surface area contributed by atoms with Crippen LogP contribution in [0.25, 0.3) is 0 Å². The molecule has 0 aliphatic heterocycles. The Morgan fingerprint density at radius 2 is 1.38 bits per heavy atom. The molecule has 0 spiro atoms. The van der Waals surface area contributed by atoms with Gasteiger partial charge in [-0.05, 0) is 59.1 Å². The van der Waals surface area contributed by atoms with Crippen LogP contribution in [-0.2, 0) is 4.79 Å². The van der Waals surface area contributed by atoms with E-state index in [0.717, 1.165) is 38.9 Å². The Kier molecular flexibility index (Phi) is 33.7. The summed E-state index contributed by atoms with van der Waals surface area (Å²) in [6.07, 6.45) is 5.76. The number of carbonyl (C=O) groups is 1. The van der Waals surface area contributed by atoms with E-state index in [1.54, 1.807) is 20.8 Å². The Balaban J connectivity index is -0.000000184. The molecule has 2 atom stereocenters. The molecule has 1 fully saturated rings. The van der Waals surface area contributed by atoms with Gasteiger partial charge in [-0.3, -0.25) is 4.79 Å². The fourth-order valence-corrected chi connectivity index (χ4v) is 2.56. The zero-order chi connectivity index (χ0) is 23.8. The van der Waals surface area contributed by atoms with Crippen LogP contribution in [0.3, 0.4) is 0 Å². The van der Waals surface area contributed by atoms with Crippen molar-refractivity contribution in [1.82, 2.24) is 4.90 Å². The quantitative estimate of drug-likeness (QED) is 0.416. The van der Waals surface area contributed by atoms with Crippen LogP contribution in [-0.4, -0.2) is 71.0 Å². The molecule has 7 nitrogen and oxygen atoms in total. The lowest BCUT2D eigenvalue weighted by molar-refractivity contribution is -0.145. The highest BCUT2D eigenvalue weighted by Gasteiger charge is 2.31. The van der Waals surface area contributed by atoms with E-state index in [0.29, 0.717) is 12.2 Å². The lowest BCUT2D eigenvalue weighted by Crippen LogP contribution is -2.37. The zero-order valence-corrected chi connectivity index (χ0v) is 20.4. The minimum Gasteiger partial charge on any atom is -0.481 e. The number of nitrogens with two attached hydrogens (primary N) is 1. The minimum absolute atomic E-state index is 0.0978. The number of hydrogen-bond acceptors (Lipinski definition) is 6. The van der Waals surface area contributed by atoms with Gasteiger partial charge in [-0.25, -0.2) is 0 Å².